The van der Waals surface area contributed by atoms with Gasteiger partial charge in [0.2, 0.25) is 0 Å². The molecule has 0 aliphatic rings. The number of rotatable bonds is 3. The first-order chi connectivity index (χ1) is 9.97. The van der Waals surface area contributed by atoms with Crippen LogP contribution in [0, 0.1) is 6.92 Å². The Labute approximate surface area is 132 Å². The number of amides is 1. The van der Waals surface area contributed by atoms with E-state index >= 15 is 0 Å². The number of nitrogens with zero attached hydrogens (tertiary/aromatic N) is 1. The standard InChI is InChI=1S/C16H16BrN3O/c1-10-3-4-13(9-15(10)17)16(21)20-19-11(2)12-5-7-14(18)8-6-12/h3-9H,18H2,1-2H3,(H,20,21)/b19-11-. The highest BCUT2D eigenvalue weighted by atomic mass is 79.9. The van der Waals surface area contributed by atoms with Crippen molar-refractivity contribution in [3.8, 4) is 0 Å². The quantitative estimate of drug-likeness (QED) is 0.507. The normalized spacial score (nSPS) is 11.3. The summed E-state index contributed by atoms with van der Waals surface area (Å²) in [7, 11) is 0. The van der Waals surface area contributed by atoms with Gasteiger partial charge in [-0.2, -0.15) is 5.10 Å². The lowest BCUT2D eigenvalue weighted by Crippen LogP contribution is -2.19. The minimum atomic E-state index is -0.245. The lowest BCUT2D eigenvalue weighted by atomic mass is 10.1. The van der Waals surface area contributed by atoms with Crippen molar-refractivity contribution in [2.24, 2.45) is 5.10 Å². The number of nitrogens with one attached hydrogen (secondary N) is 1. The molecule has 0 spiro atoms. The Balaban J connectivity index is 2.10. The maximum atomic E-state index is 12.0. The lowest BCUT2D eigenvalue weighted by Gasteiger charge is -2.05. The van der Waals surface area contributed by atoms with Gasteiger partial charge in [0, 0.05) is 15.7 Å². The summed E-state index contributed by atoms with van der Waals surface area (Å²) in [6.07, 6.45) is 0. The van der Waals surface area contributed by atoms with Crippen LogP contribution < -0.4 is 11.2 Å². The number of hydrogen-bond donors (Lipinski definition) is 2. The van der Waals surface area contributed by atoms with E-state index in [0.29, 0.717) is 11.3 Å². The highest BCUT2D eigenvalue weighted by molar-refractivity contribution is 9.10. The molecule has 0 radical (unpaired) electrons. The van der Waals surface area contributed by atoms with Crippen molar-refractivity contribution in [1.29, 1.82) is 0 Å². The van der Waals surface area contributed by atoms with Gasteiger partial charge in [-0.25, -0.2) is 5.43 Å². The molecule has 2 rings (SSSR count). The zero-order chi connectivity index (χ0) is 15.4. The molecular weight excluding hydrogens is 330 g/mol. The maximum absolute atomic E-state index is 12.0. The second-order valence-electron chi connectivity index (χ2n) is 4.72. The molecule has 0 aromatic heterocycles. The van der Waals surface area contributed by atoms with E-state index in [2.05, 4.69) is 26.5 Å². The summed E-state index contributed by atoms with van der Waals surface area (Å²) in [4.78, 5) is 12.0. The first-order valence-corrected chi connectivity index (χ1v) is 7.23. The second kappa shape index (κ2) is 6.54. The fourth-order valence-corrected chi connectivity index (χ4v) is 2.10. The number of hydrazone groups is 1. The van der Waals surface area contributed by atoms with Gasteiger partial charge >= 0.3 is 0 Å². The van der Waals surface area contributed by atoms with Crippen molar-refractivity contribution in [3.05, 3.63) is 63.6 Å². The van der Waals surface area contributed by atoms with E-state index in [1.54, 1.807) is 24.3 Å². The van der Waals surface area contributed by atoms with E-state index in [-0.39, 0.29) is 5.91 Å². The van der Waals surface area contributed by atoms with Crippen molar-refractivity contribution in [3.63, 3.8) is 0 Å². The topological polar surface area (TPSA) is 67.5 Å². The molecule has 0 saturated carbocycles. The first kappa shape index (κ1) is 15.3. The molecule has 0 bridgehead atoms. The molecule has 0 saturated heterocycles. The highest BCUT2D eigenvalue weighted by Gasteiger charge is 2.06. The van der Waals surface area contributed by atoms with Crippen LogP contribution >= 0.6 is 15.9 Å². The molecule has 1 amide bonds. The van der Waals surface area contributed by atoms with Crippen LogP contribution in [0.25, 0.3) is 0 Å². The number of nitrogen functional groups attached to an aromatic ring is 1. The predicted octanol–water partition coefficient (Wildman–Crippen LogP) is 3.49. The number of benzene rings is 2. The third kappa shape index (κ3) is 3.92. The Kier molecular flexibility index (Phi) is 4.75. The fraction of sp³-hybridized carbons (Fsp3) is 0.125. The van der Waals surface area contributed by atoms with Crippen LogP contribution in [0.3, 0.4) is 0 Å². The molecule has 4 nitrogen and oxygen atoms in total. The van der Waals surface area contributed by atoms with Gasteiger partial charge in [-0.15, -0.1) is 0 Å². The molecule has 0 aliphatic carbocycles. The van der Waals surface area contributed by atoms with E-state index < -0.39 is 0 Å². The van der Waals surface area contributed by atoms with Crippen LogP contribution in [0.1, 0.15) is 28.4 Å². The predicted molar refractivity (Wildman–Crippen MR) is 89.4 cm³/mol. The van der Waals surface area contributed by atoms with Gasteiger partial charge in [-0.1, -0.05) is 34.1 Å². The molecule has 0 fully saturated rings. The summed E-state index contributed by atoms with van der Waals surface area (Å²) >= 11 is 3.41. The van der Waals surface area contributed by atoms with Crippen molar-refractivity contribution in [2.75, 3.05) is 5.73 Å². The monoisotopic (exact) mass is 345 g/mol. The Hall–Kier alpha value is -2.14. The minimum Gasteiger partial charge on any atom is -0.399 e. The molecule has 2 aromatic carbocycles. The molecule has 0 unspecified atom stereocenters. The lowest BCUT2D eigenvalue weighted by molar-refractivity contribution is 0.0955. The third-order valence-corrected chi connectivity index (χ3v) is 3.94. The number of nitrogens with two attached hydrogens (primary N) is 1. The van der Waals surface area contributed by atoms with Crippen LogP contribution in [0.5, 0.6) is 0 Å². The smallest absolute Gasteiger partial charge is 0.271 e. The Morgan fingerprint density at radius 2 is 1.76 bits per heavy atom. The highest BCUT2D eigenvalue weighted by Crippen LogP contribution is 2.17. The van der Waals surface area contributed by atoms with Crippen LogP contribution in [0.2, 0.25) is 0 Å². The molecule has 21 heavy (non-hydrogen) atoms. The molecular formula is C16H16BrN3O. The number of halogens is 1. The Morgan fingerprint density at radius 3 is 2.38 bits per heavy atom. The average molecular weight is 346 g/mol. The SMILES string of the molecule is C/C(=N/NC(=O)c1ccc(C)c(Br)c1)c1ccc(N)cc1. The number of anilines is 1. The molecule has 0 heterocycles. The Morgan fingerprint density at radius 1 is 1.14 bits per heavy atom. The summed E-state index contributed by atoms with van der Waals surface area (Å²) < 4.78 is 0.898. The number of carbonyl (C=O) groups is 1. The van der Waals surface area contributed by atoms with E-state index in [1.807, 2.05) is 32.0 Å². The zero-order valence-corrected chi connectivity index (χ0v) is 13.4. The van der Waals surface area contributed by atoms with E-state index in [0.717, 1.165) is 21.3 Å². The summed E-state index contributed by atoms with van der Waals surface area (Å²) in [6, 6.07) is 12.8. The van der Waals surface area contributed by atoms with E-state index in [1.165, 1.54) is 0 Å². The van der Waals surface area contributed by atoms with Crippen LogP contribution in [-0.2, 0) is 0 Å². The zero-order valence-electron chi connectivity index (χ0n) is 11.9. The van der Waals surface area contributed by atoms with E-state index in [4.69, 9.17) is 5.73 Å². The van der Waals surface area contributed by atoms with Crippen molar-refractivity contribution < 1.29 is 4.79 Å². The van der Waals surface area contributed by atoms with E-state index in [9.17, 15) is 4.79 Å². The van der Waals surface area contributed by atoms with Gasteiger partial charge in [0.25, 0.3) is 5.91 Å². The van der Waals surface area contributed by atoms with Crippen molar-refractivity contribution >= 4 is 33.2 Å². The largest absolute Gasteiger partial charge is 0.399 e. The van der Waals surface area contributed by atoms with Gasteiger partial charge in [0.15, 0.2) is 0 Å². The average Bonchev–Trinajstić information content (AvgIpc) is 2.48. The number of hydrogen-bond acceptors (Lipinski definition) is 3. The summed E-state index contributed by atoms with van der Waals surface area (Å²) in [5, 5.41) is 4.11. The summed E-state index contributed by atoms with van der Waals surface area (Å²) in [6.45, 7) is 3.80. The van der Waals surface area contributed by atoms with Crippen LogP contribution in [-0.4, -0.2) is 11.6 Å². The fourth-order valence-electron chi connectivity index (χ4n) is 1.72. The summed E-state index contributed by atoms with van der Waals surface area (Å²) in [5.74, 6) is -0.245. The minimum absolute atomic E-state index is 0.245. The third-order valence-electron chi connectivity index (χ3n) is 3.09. The summed E-state index contributed by atoms with van der Waals surface area (Å²) in [5.41, 5.74) is 12.1. The molecule has 3 N–H and O–H groups in total. The van der Waals surface area contributed by atoms with Crippen molar-refractivity contribution in [1.82, 2.24) is 5.43 Å². The number of carbonyl (C=O) groups excluding carboxylic acids is 1. The first-order valence-electron chi connectivity index (χ1n) is 6.44. The van der Waals surface area contributed by atoms with Gasteiger partial charge in [-0.05, 0) is 49.2 Å². The molecule has 0 atom stereocenters. The molecule has 108 valence electrons. The van der Waals surface area contributed by atoms with Gasteiger partial charge in [-0.3, -0.25) is 4.79 Å². The van der Waals surface area contributed by atoms with Gasteiger partial charge < -0.3 is 5.73 Å². The van der Waals surface area contributed by atoms with Crippen LogP contribution in [0.15, 0.2) is 52.0 Å². The second-order valence-corrected chi connectivity index (χ2v) is 5.58. The molecule has 0 aliphatic heterocycles. The molecule has 2 aromatic rings. The van der Waals surface area contributed by atoms with Crippen molar-refractivity contribution in [2.45, 2.75) is 13.8 Å². The van der Waals surface area contributed by atoms with Gasteiger partial charge in [0.1, 0.15) is 0 Å². The number of aryl methyl sites for hydroxylation is 1. The Bertz CT molecular complexity index is 693. The van der Waals surface area contributed by atoms with Crippen LogP contribution in [0.4, 0.5) is 5.69 Å². The van der Waals surface area contributed by atoms with Gasteiger partial charge in [0.05, 0.1) is 5.71 Å². The molecule has 5 heteroatoms. The maximum Gasteiger partial charge on any atom is 0.271 e.